The van der Waals surface area contributed by atoms with Crippen LogP contribution in [0.15, 0.2) is 92.6 Å². The molecule has 34 heavy (non-hydrogen) atoms. The molecule has 2 aliphatic heterocycles. The minimum absolute atomic E-state index is 0.0461. The summed E-state index contributed by atoms with van der Waals surface area (Å²) in [6, 6.07) is 23.4. The molecule has 3 aromatic rings. The van der Waals surface area contributed by atoms with Gasteiger partial charge in [0.15, 0.2) is 5.17 Å². The Hall–Kier alpha value is -3.36. The Morgan fingerprint density at radius 3 is 2.29 bits per heavy atom. The molecular weight excluding hydrogens is 466 g/mol. The molecule has 1 fully saturated rings. The third-order valence-electron chi connectivity index (χ3n) is 5.58. The molecule has 0 saturated carbocycles. The number of carbonyl (C=O) groups excluding carboxylic acids is 1. The maximum atomic E-state index is 13.7. The molecule has 2 heterocycles. The van der Waals surface area contributed by atoms with Gasteiger partial charge in [0.2, 0.25) is 0 Å². The molecule has 2 aliphatic rings. The van der Waals surface area contributed by atoms with Crippen molar-refractivity contribution in [3.05, 3.63) is 88.3 Å². The third-order valence-corrected chi connectivity index (χ3v) is 8.01. The van der Waals surface area contributed by atoms with Crippen LogP contribution in [0.3, 0.4) is 0 Å². The van der Waals surface area contributed by atoms with Gasteiger partial charge in [0.1, 0.15) is 16.4 Å². The van der Waals surface area contributed by atoms with Gasteiger partial charge >= 0.3 is 0 Å². The van der Waals surface area contributed by atoms with Crippen LogP contribution in [0.5, 0.6) is 11.5 Å². The van der Waals surface area contributed by atoms with Gasteiger partial charge in [-0.3, -0.25) is 9.69 Å². The first-order valence-corrected chi connectivity index (χ1v) is 12.3. The number of fused-ring (bicyclic) bond motifs is 1. The smallest absolute Gasteiger partial charge is 0.269 e. The number of hydrogen-bond donors (Lipinski definition) is 0. The van der Waals surface area contributed by atoms with Crippen molar-refractivity contribution in [3.63, 3.8) is 0 Å². The second-order valence-electron chi connectivity index (χ2n) is 7.70. The van der Waals surface area contributed by atoms with E-state index in [0.717, 1.165) is 38.4 Å². The zero-order valence-electron chi connectivity index (χ0n) is 19.0. The van der Waals surface area contributed by atoms with E-state index in [1.165, 1.54) is 11.8 Å². The van der Waals surface area contributed by atoms with Crippen LogP contribution in [0.25, 0.3) is 0 Å². The summed E-state index contributed by atoms with van der Waals surface area (Å²) in [4.78, 5) is 24.1. The molecule has 5 rings (SSSR count). The number of benzene rings is 3. The Bertz CT molecular complexity index is 1290. The number of amides is 1. The van der Waals surface area contributed by atoms with Crippen LogP contribution in [0.2, 0.25) is 0 Å². The zero-order valence-corrected chi connectivity index (χ0v) is 20.7. The van der Waals surface area contributed by atoms with Crippen LogP contribution in [0, 0.1) is 0 Å². The van der Waals surface area contributed by atoms with Crippen LogP contribution in [-0.4, -0.2) is 37.2 Å². The number of amidine groups is 1. The molecule has 6 nitrogen and oxygen atoms in total. The van der Waals surface area contributed by atoms with E-state index in [4.69, 9.17) is 14.5 Å². The van der Waals surface area contributed by atoms with E-state index in [0.29, 0.717) is 16.6 Å². The first-order chi connectivity index (χ1) is 16.6. The molecule has 1 amide bonds. The number of rotatable bonds is 5. The standard InChI is InChI=1S/C26H23N3O3S2/c1-28-21-15-20(32-3)13-14-22(21)33-25(28)23-24(30)29(16-17-7-5-4-6-8-17)26(34-23)27-18-9-11-19(31-2)12-10-18/h4-15H,16H2,1-3H3/b25-23-,27-26?. The molecule has 0 bridgehead atoms. The lowest BCUT2D eigenvalue weighted by molar-refractivity contribution is -0.122. The molecule has 0 aliphatic carbocycles. The van der Waals surface area contributed by atoms with Crippen LogP contribution in [0.4, 0.5) is 11.4 Å². The number of methoxy groups -OCH3 is 2. The van der Waals surface area contributed by atoms with E-state index in [1.807, 2.05) is 79.8 Å². The summed E-state index contributed by atoms with van der Waals surface area (Å²) in [5, 5.41) is 1.56. The first kappa shape index (κ1) is 22.4. The third kappa shape index (κ3) is 4.26. The molecule has 0 N–H and O–H groups in total. The van der Waals surface area contributed by atoms with Crippen molar-refractivity contribution in [2.45, 2.75) is 11.4 Å². The van der Waals surface area contributed by atoms with Gasteiger partial charge in [0, 0.05) is 18.0 Å². The van der Waals surface area contributed by atoms with Gasteiger partial charge in [0.05, 0.1) is 37.2 Å². The van der Waals surface area contributed by atoms with Crippen molar-refractivity contribution in [1.29, 1.82) is 0 Å². The molecule has 172 valence electrons. The SMILES string of the molecule is COc1ccc(N=C2S/C(=C3\Sc4ccc(OC)cc4N3C)C(=O)N2Cc2ccccc2)cc1. The van der Waals surface area contributed by atoms with Crippen molar-refractivity contribution >= 4 is 46.0 Å². The number of anilines is 1. The first-order valence-electron chi connectivity index (χ1n) is 10.7. The molecule has 0 atom stereocenters. The van der Waals surface area contributed by atoms with Crippen molar-refractivity contribution in [2.75, 3.05) is 26.2 Å². The van der Waals surface area contributed by atoms with E-state index >= 15 is 0 Å². The Balaban J connectivity index is 1.53. The highest BCUT2D eigenvalue weighted by atomic mass is 32.2. The van der Waals surface area contributed by atoms with Crippen LogP contribution in [-0.2, 0) is 11.3 Å². The normalized spacial score (nSPS) is 18.6. The fourth-order valence-corrected chi connectivity index (χ4v) is 6.07. The molecule has 0 spiro atoms. The summed E-state index contributed by atoms with van der Waals surface area (Å²) in [5.41, 5.74) is 2.84. The Kier molecular flexibility index (Phi) is 6.26. The predicted molar refractivity (Wildman–Crippen MR) is 139 cm³/mol. The average molecular weight is 490 g/mol. The lowest BCUT2D eigenvalue weighted by Gasteiger charge is -2.17. The average Bonchev–Trinajstić information content (AvgIpc) is 3.36. The number of nitrogens with zero attached hydrogens (tertiary/aromatic N) is 3. The minimum Gasteiger partial charge on any atom is -0.497 e. The number of carbonyl (C=O) groups is 1. The molecule has 1 saturated heterocycles. The van der Waals surface area contributed by atoms with E-state index in [9.17, 15) is 4.79 Å². The van der Waals surface area contributed by atoms with E-state index < -0.39 is 0 Å². The lowest BCUT2D eigenvalue weighted by atomic mass is 10.2. The maximum Gasteiger partial charge on any atom is 0.269 e. The van der Waals surface area contributed by atoms with Gasteiger partial charge < -0.3 is 14.4 Å². The highest BCUT2D eigenvalue weighted by molar-refractivity contribution is 8.19. The molecule has 0 radical (unpaired) electrons. The van der Waals surface area contributed by atoms with Crippen molar-refractivity contribution < 1.29 is 14.3 Å². The summed E-state index contributed by atoms with van der Waals surface area (Å²) in [6.07, 6.45) is 0. The molecule has 0 unspecified atom stereocenters. The van der Waals surface area contributed by atoms with E-state index in [2.05, 4.69) is 4.90 Å². The number of thioether (sulfide) groups is 2. The van der Waals surface area contributed by atoms with Gasteiger partial charge in [-0.2, -0.15) is 0 Å². The molecule has 0 aromatic heterocycles. The fraction of sp³-hybridized carbons (Fsp3) is 0.154. The van der Waals surface area contributed by atoms with Gasteiger partial charge in [0.25, 0.3) is 5.91 Å². The lowest BCUT2D eigenvalue weighted by Crippen LogP contribution is -2.29. The molecular formula is C26H23N3O3S2. The van der Waals surface area contributed by atoms with E-state index in [-0.39, 0.29) is 5.91 Å². The fourth-order valence-electron chi connectivity index (χ4n) is 3.74. The van der Waals surface area contributed by atoms with Crippen LogP contribution >= 0.6 is 23.5 Å². The topological polar surface area (TPSA) is 54.4 Å². The molecule has 8 heteroatoms. The van der Waals surface area contributed by atoms with Gasteiger partial charge in [-0.1, -0.05) is 42.1 Å². The largest absolute Gasteiger partial charge is 0.497 e. The second-order valence-corrected chi connectivity index (χ2v) is 9.71. The Morgan fingerprint density at radius 2 is 1.59 bits per heavy atom. The summed E-state index contributed by atoms with van der Waals surface area (Å²) >= 11 is 3.01. The monoisotopic (exact) mass is 489 g/mol. The minimum atomic E-state index is -0.0461. The predicted octanol–water partition coefficient (Wildman–Crippen LogP) is 5.88. The van der Waals surface area contributed by atoms with Gasteiger partial charge in [-0.25, -0.2) is 4.99 Å². The van der Waals surface area contributed by atoms with Gasteiger partial charge in [-0.05, 0) is 53.7 Å². The van der Waals surface area contributed by atoms with Crippen LogP contribution < -0.4 is 14.4 Å². The van der Waals surface area contributed by atoms with E-state index in [1.54, 1.807) is 30.9 Å². The van der Waals surface area contributed by atoms with Crippen molar-refractivity contribution in [3.8, 4) is 11.5 Å². The Morgan fingerprint density at radius 1 is 0.882 bits per heavy atom. The Labute approximate surface area is 207 Å². The van der Waals surface area contributed by atoms with Crippen LogP contribution in [0.1, 0.15) is 5.56 Å². The van der Waals surface area contributed by atoms with Gasteiger partial charge in [-0.15, -0.1) is 0 Å². The van der Waals surface area contributed by atoms with Crippen molar-refractivity contribution in [1.82, 2.24) is 4.90 Å². The molecule has 3 aromatic carbocycles. The highest BCUT2D eigenvalue weighted by Gasteiger charge is 2.39. The second kappa shape index (κ2) is 9.48. The maximum absolute atomic E-state index is 13.7. The zero-order chi connectivity index (χ0) is 23.7. The number of ether oxygens (including phenoxy) is 2. The summed E-state index contributed by atoms with van der Waals surface area (Å²) in [7, 11) is 5.27. The summed E-state index contributed by atoms with van der Waals surface area (Å²) < 4.78 is 10.6. The summed E-state index contributed by atoms with van der Waals surface area (Å²) in [6.45, 7) is 0.452. The number of aliphatic imine (C=N–C) groups is 1. The number of hydrogen-bond acceptors (Lipinski definition) is 7. The summed E-state index contributed by atoms with van der Waals surface area (Å²) in [5.74, 6) is 1.51. The highest BCUT2D eigenvalue weighted by Crippen LogP contribution is 2.51. The quantitative estimate of drug-likeness (QED) is 0.417. The van der Waals surface area contributed by atoms with Crippen molar-refractivity contribution in [2.24, 2.45) is 4.99 Å².